The molecule has 0 spiro atoms. The van der Waals surface area contributed by atoms with Gasteiger partial charge < -0.3 is 20.1 Å². The third kappa shape index (κ3) is 4.33. The highest BCUT2D eigenvalue weighted by Crippen LogP contribution is 2.44. The van der Waals surface area contributed by atoms with Gasteiger partial charge in [0.05, 0.1) is 5.92 Å². The molecule has 1 heterocycles. The highest BCUT2D eigenvalue weighted by atomic mass is 16.5. The molecule has 2 aromatic carbocycles. The third-order valence-electron chi connectivity index (χ3n) is 6.50. The number of ether oxygens (including phenoxy) is 1. The summed E-state index contributed by atoms with van der Waals surface area (Å²) in [7, 11) is 0. The van der Waals surface area contributed by atoms with E-state index in [0.29, 0.717) is 32.4 Å². The molecule has 7 nitrogen and oxygen atoms in total. The number of carbonyl (C=O) groups excluding carboxylic acids is 2. The molecule has 2 aliphatic rings. The fraction of sp³-hybridized carbons (Fsp3) is 0.400. The lowest BCUT2D eigenvalue weighted by Crippen LogP contribution is -2.51. The number of carbonyl (C=O) groups is 3. The van der Waals surface area contributed by atoms with Gasteiger partial charge in [0.25, 0.3) is 0 Å². The molecule has 2 amide bonds. The minimum atomic E-state index is -0.819. The fourth-order valence-corrected chi connectivity index (χ4v) is 4.69. The summed E-state index contributed by atoms with van der Waals surface area (Å²) in [6, 6.07) is 15.5. The lowest BCUT2D eigenvalue weighted by molar-refractivity contribution is -0.146. The van der Waals surface area contributed by atoms with Gasteiger partial charge in [-0.15, -0.1) is 0 Å². The first-order valence-corrected chi connectivity index (χ1v) is 11.1. The van der Waals surface area contributed by atoms with E-state index in [1.54, 1.807) is 4.90 Å². The Morgan fingerprint density at radius 1 is 1.03 bits per heavy atom. The standard InChI is InChI=1S/C25H28N2O5/c1-2-22(23(28)27-13-11-16(12-14-27)24(29)30)26-25(31)32-15-21-19-9-5-3-7-17(19)18-8-4-6-10-20(18)21/h3-10,16,21-22H,2,11-15H2,1H3,(H,26,31)(H,29,30)/t22-/m1/s1. The summed E-state index contributed by atoms with van der Waals surface area (Å²) in [6.07, 6.45) is 0.680. The summed E-state index contributed by atoms with van der Waals surface area (Å²) in [5.41, 5.74) is 4.57. The first-order valence-electron chi connectivity index (χ1n) is 11.1. The van der Waals surface area contributed by atoms with E-state index < -0.39 is 24.0 Å². The average molecular weight is 437 g/mol. The Labute approximate surface area is 187 Å². The minimum Gasteiger partial charge on any atom is -0.481 e. The van der Waals surface area contributed by atoms with Gasteiger partial charge in [-0.1, -0.05) is 55.5 Å². The SMILES string of the molecule is CC[C@@H](NC(=O)OCC1c2ccccc2-c2ccccc21)C(=O)N1CCC(C(=O)O)CC1. The number of rotatable bonds is 6. The summed E-state index contributed by atoms with van der Waals surface area (Å²) >= 11 is 0. The van der Waals surface area contributed by atoms with E-state index in [-0.39, 0.29) is 18.4 Å². The second kappa shape index (κ2) is 9.42. The number of nitrogens with zero attached hydrogens (tertiary/aromatic N) is 1. The second-order valence-electron chi connectivity index (χ2n) is 8.37. The number of carboxylic acids is 1. The lowest BCUT2D eigenvalue weighted by atomic mass is 9.96. The molecule has 1 aliphatic carbocycles. The topological polar surface area (TPSA) is 95.9 Å². The number of piperidine rings is 1. The molecule has 1 saturated heterocycles. The number of amides is 2. The number of likely N-dealkylation sites (tertiary alicyclic amines) is 1. The number of carboxylic acid groups (broad SMARTS) is 1. The average Bonchev–Trinajstić information content (AvgIpc) is 3.14. The maximum Gasteiger partial charge on any atom is 0.407 e. The number of hydrogen-bond donors (Lipinski definition) is 2. The zero-order valence-corrected chi connectivity index (χ0v) is 18.1. The number of hydrogen-bond acceptors (Lipinski definition) is 4. The maximum atomic E-state index is 12.8. The molecule has 2 N–H and O–H groups in total. The third-order valence-corrected chi connectivity index (χ3v) is 6.50. The minimum absolute atomic E-state index is 0.0426. The molecule has 0 saturated carbocycles. The van der Waals surface area contributed by atoms with Crippen molar-refractivity contribution in [1.29, 1.82) is 0 Å². The Balaban J connectivity index is 1.35. The fourth-order valence-electron chi connectivity index (χ4n) is 4.69. The van der Waals surface area contributed by atoms with Crippen LogP contribution in [0, 0.1) is 5.92 Å². The Morgan fingerprint density at radius 2 is 1.59 bits per heavy atom. The Kier molecular flexibility index (Phi) is 6.44. The van der Waals surface area contributed by atoms with Gasteiger partial charge in [-0.05, 0) is 41.5 Å². The van der Waals surface area contributed by atoms with Crippen LogP contribution in [0.15, 0.2) is 48.5 Å². The predicted molar refractivity (Wildman–Crippen MR) is 119 cm³/mol. The smallest absolute Gasteiger partial charge is 0.407 e. The molecule has 2 aromatic rings. The molecule has 0 unspecified atom stereocenters. The van der Waals surface area contributed by atoms with Gasteiger partial charge >= 0.3 is 12.1 Å². The molecule has 168 valence electrons. The first-order chi connectivity index (χ1) is 15.5. The van der Waals surface area contributed by atoms with Crippen LogP contribution in [-0.2, 0) is 14.3 Å². The summed E-state index contributed by atoms with van der Waals surface area (Å²) in [4.78, 5) is 38.1. The zero-order valence-electron chi connectivity index (χ0n) is 18.1. The van der Waals surface area contributed by atoms with Crippen molar-refractivity contribution < 1.29 is 24.2 Å². The molecular formula is C25H28N2O5. The molecule has 1 aliphatic heterocycles. The molecule has 0 radical (unpaired) electrons. The van der Waals surface area contributed by atoms with Crippen molar-refractivity contribution in [3.05, 3.63) is 59.7 Å². The summed E-state index contributed by atoms with van der Waals surface area (Å²) in [5, 5.41) is 11.8. The van der Waals surface area contributed by atoms with Crippen LogP contribution >= 0.6 is 0 Å². The van der Waals surface area contributed by atoms with E-state index >= 15 is 0 Å². The van der Waals surface area contributed by atoms with Crippen molar-refractivity contribution in [3.8, 4) is 11.1 Å². The van der Waals surface area contributed by atoms with E-state index in [4.69, 9.17) is 9.84 Å². The van der Waals surface area contributed by atoms with Gasteiger partial charge in [-0.2, -0.15) is 0 Å². The van der Waals surface area contributed by atoms with Crippen LogP contribution in [0.4, 0.5) is 4.79 Å². The van der Waals surface area contributed by atoms with Gasteiger partial charge in [0.2, 0.25) is 5.91 Å². The van der Waals surface area contributed by atoms with E-state index in [9.17, 15) is 14.4 Å². The molecule has 0 aromatic heterocycles. The van der Waals surface area contributed by atoms with E-state index in [1.807, 2.05) is 31.2 Å². The molecule has 1 fully saturated rings. The number of fused-ring (bicyclic) bond motifs is 3. The van der Waals surface area contributed by atoms with Crippen molar-refractivity contribution in [3.63, 3.8) is 0 Å². The largest absolute Gasteiger partial charge is 0.481 e. The molecular weight excluding hydrogens is 408 g/mol. The second-order valence-corrected chi connectivity index (χ2v) is 8.37. The van der Waals surface area contributed by atoms with Crippen molar-refractivity contribution in [2.24, 2.45) is 5.92 Å². The number of alkyl carbamates (subject to hydrolysis) is 1. The summed E-state index contributed by atoms with van der Waals surface area (Å²) < 4.78 is 5.56. The van der Waals surface area contributed by atoms with Crippen molar-refractivity contribution >= 4 is 18.0 Å². The Hall–Kier alpha value is -3.35. The van der Waals surface area contributed by atoms with Gasteiger partial charge in [0.1, 0.15) is 12.6 Å². The molecule has 32 heavy (non-hydrogen) atoms. The van der Waals surface area contributed by atoms with Crippen LogP contribution in [0.3, 0.4) is 0 Å². The zero-order chi connectivity index (χ0) is 22.7. The monoisotopic (exact) mass is 436 g/mol. The molecule has 0 bridgehead atoms. The number of aliphatic carboxylic acids is 1. The number of benzene rings is 2. The summed E-state index contributed by atoms with van der Waals surface area (Å²) in [5.74, 6) is -1.46. The molecule has 7 heteroatoms. The van der Waals surface area contributed by atoms with Crippen LogP contribution in [0.1, 0.15) is 43.2 Å². The first kappa shape index (κ1) is 21.9. The van der Waals surface area contributed by atoms with Crippen molar-refractivity contribution in [2.45, 2.75) is 38.1 Å². The van der Waals surface area contributed by atoms with Crippen LogP contribution in [0.25, 0.3) is 11.1 Å². The van der Waals surface area contributed by atoms with Crippen molar-refractivity contribution in [1.82, 2.24) is 10.2 Å². The lowest BCUT2D eigenvalue weighted by Gasteiger charge is -2.32. The summed E-state index contributed by atoms with van der Waals surface area (Å²) in [6.45, 7) is 2.79. The van der Waals surface area contributed by atoms with Crippen LogP contribution < -0.4 is 5.32 Å². The Bertz CT molecular complexity index is 967. The highest BCUT2D eigenvalue weighted by molar-refractivity contribution is 5.86. The van der Waals surface area contributed by atoms with E-state index in [0.717, 1.165) is 22.3 Å². The van der Waals surface area contributed by atoms with Gasteiger partial charge in [-0.25, -0.2) is 4.79 Å². The Morgan fingerprint density at radius 3 is 2.12 bits per heavy atom. The van der Waals surface area contributed by atoms with Crippen LogP contribution in [-0.4, -0.2) is 53.7 Å². The van der Waals surface area contributed by atoms with Gasteiger partial charge in [-0.3, -0.25) is 9.59 Å². The number of nitrogens with one attached hydrogen (secondary N) is 1. The maximum absolute atomic E-state index is 12.8. The van der Waals surface area contributed by atoms with E-state index in [2.05, 4.69) is 29.6 Å². The predicted octanol–water partition coefficient (Wildman–Crippen LogP) is 3.63. The van der Waals surface area contributed by atoms with Crippen molar-refractivity contribution in [2.75, 3.05) is 19.7 Å². The molecule has 4 rings (SSSR count). The quantitative estimate of drug-likeness (QED) is 0.721. The van der Waals surface area contributed by atoms with E-state index in [1.165, 1.54) is 0 Å². The molecule has 1 atom stereocenters. The van der Waals surface area contributed by atoms with Crippen LogP contribution in [0.2, 0.25) is 0 Å². The highest BCUT2D eigenvalue weighted by Gasteiger charge is 2.32. The normalized spacial score (nSPS) is 16.7. The van der Waals surface area contributed by atoms with Gasteiger partial charge in [0, 0.05) is 19.0 Å². The van der Waals surface area contributed by atoms with Crippen LogP contribution in [0.5, 0.6) is 0 Å². The van der Waals surface area contributed by atoms with Gasteiger partial charge in [0.15, 0.2) is 0 Å².